The number of hydrogen-bond donors (Lipinski definition) is 0. The Morgan fingerprint density at radius 3 is 2.52 bits per heavy atom. The Kier molecular flexibility index (Phi) is 5.91. The van der Waals surface area contributed by atoms with E-state index in [0.29, 0.717) is 16.5 Å². The number of halogens is 1. The van der Waals surface area contributed by atoms with E-state index in [-0.39, 0.29) is 5.97 Å². The molecule has 142 valence electrons. The molecule has 2 aromatic carbocycles. The third-order valence-electron chi connectivity index (χ3n) is 4.32. The summed E-state index contributed by atoms with van der Waals surface area (Å²) in [5.41, 5.74) is 2.27. The third kappa shape index (κ3) is 3.89. The number of nitrogens with zero attached hydrogens (tertiary/aromatic N) is 3. The Balaban J connectivity index is 2.11. The lowest BCUT2D eigenvalue weighted by Crippen LogP contribution is -2.30. The number of carbonyl (C=O) groups excluding carboxylic acids is 1. The molecule has 0 unspecified atom stereocenters. The van der Waals surface area contributed by atoms with Crippen LogP contribution in [0.15, 0.2) is 46.3 Å². The van der Waals surface area contributed by atoms with Gasteiger partial charge in [-0.25, -0.2) is 0 Å². The molecule has 0 bridgehead atoms. The molecule has 0 saturated heterocycles. The number of fused-ring (bicyclic) bond motifs is 1. The summed E-state index contributed by atoms with van der Waals surface area (Å²) in [5, 5.41) is 11.4. The van der Waals surface area contributed by atoms with Crippen molar-refractivity contribution in [1.29, 1.82) is 0 Å². The summed E-state index contributed by atoms with van der Waals surface area (Å²) < 4.78 is 6.96. The number of rotatable bonds is 6. The number of hydrogen-bond acceptors (Lipinski definition) is 5. The van der Waals surface area contributed by atoms with Crippen LogP contribution in [0, 0.1) is 0 Å². The Morgan fingerprint density at radius 2 is 1.85 bits per heavy atom. The van der Waals surface area contributed by atoms with E-state index in [0.717, 1.165) is 17.5 Å². The molecule has 3 aromatic rings. The molecule has 0 fully saturated rings. The Labute approximate surface area is 171 Å². The Morgan fingerprint density at radius 1 is 1.15 bits per heavy atom. The molecule has 0 aliphatic heterocycles. The normalized spacial score (nSPS) is 11.7. The molecule has 3 rings (SSSR count). The molecular weight excluding hydrogens is 426 g/mol. The number of carbonyl (C=O) groups is 1. The van der Waals surface area contributed by atoms with Gasteiger partial charge in [-0.05, 0) is 60.1 Å². The highest BCUT2D eigenvalue weighted by Crippen LogP contribution is 2.37. The largest absolute Gasteiger partial charge is 0.465 e. The molecule has 0 amide bonds. The van der Waals surface area contributed by atoms with E-state index in [1.54, 1.807) is 6.92 Å². The van der Waals surface area contributed by atoms with Gasteiger partial charge < -0.3 is 4.74 Å². The summed E-state index contributed by atoms with van der Waals surface area (Å²) in [6.07, 6.45) is 0.960. The molecule has 0 radical (unpaired) electrons. The molecule has 1 aromatic heterocycles. The summed E-state index contributed by atoms with van der Waals surface area (Å²) in [5.74, 6) is -0.271. The van der Waals surface area contributed by atoms with E-state index in [9.17, 15) is 4.79 Å². The van der Waals surface area contributed by atoms with Crippen molar-refractivity contribution in [3.63, 3.8) is 0 Å². The fourth-order valence-electron chi connectivity index (χ4n) is 2.94. The highest BCUT2D eigenvalue weighted by atomic mass is 79.9. The summed E-state index contributed by atoms with van der Waals surface area (Å²) in [7, 11) is 0. The Hall–Kier alpha value is -1.86. The van der Waals surface area contributed by atoms with E-state index in [1.165, 1.54) is 22.7 Å². The summed E-state index contributed by atoms with van der Waals surface area (Å²) in [6, 6.07) is 12.5. The highest BCUT2D eigenvalue weighted by molar-refractivity contribution is 9.10. The van der Waals surface area contributed by atoms with Crippen molar-refractivity contribution in [2.45, 2.75) is 44.0 Å². The smallest absolute Gasteiger partial charge is 0.322 e. The zero-order valence-corrected chi connectivity index (χ0v) is 18.2. The monoisotopic (exact) mass is 447 g/mol. The minimum absolute atomic E-state index is 0.271. The fraction of sp³-hybridized carbons (Fsp3) is 0.350. The van der Waals surface area contributed by atoms with Gasteiger partial charge >= 0.3 is 5.97 Å². The maximum Gasteiger partial charge on any atom is 0.322 e. The van der Waals surface area contributed by atoms with Gasteiger partial charge in [0, 0.05) is 5.39 Å². The van der Waals surface area contributed by atoms with Gasteiger partial charge in [0.05, 0.1) is 12.3 Å². The van der Waals surface area contributed by atoms with E-state index in [1.807, 2.05) is 30.5 Å². The summed E-state index contributed by atoms with van der Waals surface area (Å²) in [4.78, 5) is 12.3. The van der Waals surface area contributed by atoms with E-state index in [2.05, 4.69) is 57.3 Å². The molecule has 7 heteroatoms. The first kappa shape index (κ1) is 19.9. The van der Waals surface area contributed by atoms with Crippen LogP contribution in [0.3, 0.4) is 0 Å². The van der Waals surface area contributed by atoms with E-state index >= 15 is 0 Å². The molecule has 0 spiro atoms. The average molecular weight is 448 g/mol. The van der Waals surface area contributed by atoms with Crippen LogP contribution in [0.4, 0.5) is 0 Å². The molecule has 0 aliphatic carbocycles. The quantitative estimate of drug-likeness (QED) is 0.384. The predicted octanol–water partition coefficient (Wildman–Crippen LogP) is 5.18. The third-order valence-corrected chi connectivity index (χ3v) is 5.96. The van der Waals surface area contributed by atoms with Crippen LogP contribution in [0.2, 0.25) is 0 Å². The van der Waals surface area contributed by atoms with Crippen LogP contribution in [-0.2, 0) is 16.0 Å². The Bertz CT molecular complexity index is 985. The van der Waals surface area contributed by atoms with E-state index < -0.39 is 4.75 Å². The van der Waals surface area contributed by atoms with Crippen LogP contribution in [0.25, 0.3) is 16.5 Å². The van der Waals surface area contributed by atoms with Crippen molar-refractivity contribution in [2.24, 2.45) is 0 Å². The van der Waals surface area contributed by atoms with Crippen LogP contribution in [0.1, 0.15) is 33.3 Å². The zero-order chi connectivity index (χ0) is 19.6. The highest BCUT2D eigenvalue weighted by Gasteiger charge is 2.33. The number of aromatic nitrogens is 3. The first-order chi connectivity index (χ1) is 12.9. The minimum atomic E-state index is -0.778. The van der Waals surface area contributed by atoms with Gasteiger partial charge in [0.15, 0.2) is 5.16 Å². The lowest BCUT2D eigenvalue weighted by molar-refractivity contribution is -0.145. The molecule has 0 aliphatic rings. The first-order valence-corrected chi connectivity index (χ1v) is 10.5. The lowest BCUT2D eigenvalue weighted by Gasteiger charge is -2.21. The van der Waals surface area contributed by atoms with Gasteiger partial charge in [0.2, 0.25) is 4.73 Å². The van der Waals surface area contributed by atoms with Gasteiger partial charge in [-0.2, -0.15) is 0 Å². The average Bonchev–Trinajstić information content (AvgIpc) is 3.00. The summed E-state index contributed by atoms with van der Waals surface area (Å²) in [6.45, 7) is 7.97. The fourth-order valence-corrected chi connectivity index (χ4v) is 4.46. The predicted molar refractivity (Wildman–Crippen MR) is 113 cm³/mol. The van der Waals surface area contributed by atoms with Gasteiger partial charge in [0.1, 0.15) is 4.75 Å². The second-order valence-corrected chi connectivity index (χ2v) is 8.86. The zero-order valence-electron chi connectivity index (χ0n) is 15.8. The maximum atomic E-state index is 12.3. The molecule has 5 nitrogen and oxygen atoms in total. The van der Waals surface area contributed by atoms with Crippen LogP contribution in [0.5, 0.6) is 0 Å². The van der Waals surface area contributed by atoms with Crippen LogP contribution < -0.4 is 0 Å². The van der Waals surface area contributed by atoms with Gasteiger partial charge in [-0.15, -0.1) is 10.2 Å². The van der Waals surface area contributed by atoms with Gasteiger partial charge in [0.25, 0.3) is 0 Å². The molecule has 0 saturated carbocycles. The van der Waals surface area contributed by atoms with Gasteiger partial charge in [-0.3, -0.25) is 9.36 Å². The minimum Gasteiger partial charge on any atom is -0.465 e. The van der Waals surface area contributed by atoms with Crippen molar-refractivity contribution in [3.8, 4) is 5.69 Å². The second-order valence-electron chi connectivity index (χ2n) is 6.56. The first-order valence-electron chi connectivity index (χ1n) is 8.87. The molecule has 1 heterocycles. The van der Waals surface area contributed by atoms with Crippen LogP contribution in [-0.4, -0.2) is 32.1 Å². The standard InChI is InChI=1S/C20H22BrN3O2S/c1-5-13-11-12-16(15-10-8-7-9-14(13)15)24-18(21)22-23-19(24)27-20(3,4)17(25)26-6-2/h7-12H,5-6H2,1-4H3. The van der Waals surface area contributed by atoms with Crippen molar-refractivity contribution in [2.75, 3.05) is 6.61 Å². The van der Waals surface area contributed by atoms with E-state index in [4.69, 9.17) is 4.74 Å². The van der Waals surface area contributed by atoms with Crippen molar-refractivity contribution >= 4 is 44.4 Å². The number of aryl methyl sites for hydroxylation is 1. The maximum absolute atomic E-state index is 12.3. The van der Waals surface area contributed by atoms with Crippen LogP contribution >= 0.6 is 27.7 Å². The molecule has 0 atom stereocenters. The molecular formula is C20H22BrN3O2S. The molecule has 27 heavy (non-hydrogen) atoms. The SMILES string of the molecule is CCOC(=O)C(C)(C)Sc1nnc(Br)n1-c1ccc(CC)c2ccccc12. The second kappa shape index (κ2) is 8.02. The van der Waals surface area contributed by atoms with Crippen molar-refractivity contribution < 1.29 is 9.53 Å². The number of benzene rings is 2. The number of thioether (sulfide) groups is 1. The number of ether oxygens (including phenoxy) is 1. The summed E-state index contributed by atoms with van der Waals surface area (Å²) >= 11 is 4.85. The number of esters is 1. The molecule has 0 N–H and O–H groups in total. The van der Waals surface area contributed by atoms with Crippen molar-refractivity contribution in [1.82, 2.24) is 14.8 Å². The van der Waals surface area contributed by atoms with Gasteiger partial charge in [-0.1, -0.05) is 49.0 Å². The lowest BCUT2D eigenvalue weighted by atomic mass is 10.0. The topological polar surface area (TPSA) is 57.0 Å². The van der Waals surface area contributed by atoms with Crippen molar-refractivity contribution in [3.05, 3.63) is 46.7 Å².